The molecule has 1 atom stereocenters. The zero-order valence-corrected chi connectivity index (χ0v) is 13.7. The van der Waals surface area contributed by atoms with E-state index in [1.54, 1.807) is 6.07 Å². The zero-order valence-electron chi connectivity index (χ0n) is 11.4. The van der Waals surface area contributed by atoms with E-state index in [-0.39, 0.29) is 6.04 Å². The van der Waals surface area contributed by atoms with Crippen LogP contribution in [0.4, 0.5) is 0 Å². The summed E-state index contributed by atoms with van der Waals surface area (Å²) in [6.45, 7) is 4.01. The average molecular weight is 329 g/mol. The molecule has 2 N–H and O–H groups in total. The van der Waals surface area contributed by atoms with Crippen LogP contribution in [0.25, 0.3) is 0 Å². The van der Waals surface area contributed by atoms with Gasteiger partial charge >= 0.3 is 0 Å². The van der Waals surface area contributed by atoms with Gasteiger partial charge in [0.05, 0.1) is 10.0 Å². The van der Waals surface area contributed by atoms with Gasteiger partial charge in [-0.3, -0.25) is 0 Å². The van der Waals surface area contributed by atoms with E-state index >= 15 is 0 Å². The number of hydrogen-bond donors (Lipinski definition) is 1. The highest BCUT2D eigenvalue weighted by atomic mass is 35.5. The fourth-order valence-electron chi connectivity index (χ4n) is 2.23. The fraction of sp³-hybridized carbons (Fsp3) is 0.250. The summed E-state index contributed by atoms with van der Waals surface area (Å²) in [4.78, 5) is 0. The van der Waals surface area contributed by atoms with E-state index in [4.69, 9.17) is 40.5 Å². The summed E-state index contributed by atoms with van der Waals surface area (Å²) in [6.07, 6.45) is 0.707. The molecule has 20 heavy (non-hydrogen) atoms. The predicted molar refractivity (Wildman–Crippen MR) is 88.0 cm³/mol. The first kappa shape index (κ1) is 15.7. The van der Waals surface area contributed by atoms with E-state index in [9.17, 15) is 0 Å². The molecule has 4 heteroatoms. The maximum absolute atomic E-state index is 6.32. The van der Waals surface area contributed by atoms with Crippen LogP contribution in [0.5, 0.6) is 0 Å². The lowest BCUT2D eigenvalue weighted by Crippen LogP contribution is -2.15. The summed E-state index contributed by atoms with van der Waals surface area (Å²) in [5.41, 5.74) is 10.6. The van der Waals surface area contributed by atoms with Crippen LogP contribution in [-0.2, 0) is 6.42 Å². The highest BCUT2D eigenvalue weighted by Gasteiger charge is 2.12. The standard InChI is InChI=1S/C16H16Cl3N/c1-9-6-14(18)10(2)5-12(9)16(20)8-11-3-4-13(17)15(19)7-11/h3-7,16H,8,20H2,1-2H3. The van der Waals surface area contributed by atoms with Gasteiger partial charge in [0.2, 0.25) is 0 Å². The Hall–Kier alpha value is -0.730. The van der Waals surface area contributed by atoms with E-state index in [0.717, 1.165) is 27.3 Å². The molecule has 0 aliphatic heterocycles. The molecule has 0 spiro atoms. The highest BCUT2D eigenvalue weighted by Crippen LogP contribution is 2.28. The van der Waals surface area contributed by atoms with E-state index in [1.165, 1.54) is 0 Å². The smallest absolute Gasteiger partial charge is 0.0595 e. The SMILES string of the molecule is Cc1cc(C(N)Cc2ccc(Cl)c(Cl)c2)c(C)cc1Cl. The van der Waals surface area contributed by atoms with Crippen molar-refractivity contribution in [3.8, 4) is 0 Å². The van der Waals surface area contributed by atoms with Crippen molar-refractivity contribution < 1.29 is 0 Å². The third-order valence-corrected chi connectivity index (χ3v) is 4.53. The van der Waals surface area contributed by atoms with Gasteiger partial charge in [0.1, 0.15) is 0 Å². The van der Waals surface area contributed by atoms with Crippen LogP contribution >= 0.6 is 34.8 Å². The maximum atomic E-state index is 6.32. The summed E-state index contributed by atoms with van der Waals surface area (Å²) in [6, 6.07) is 9.53. The quantitative estimate of drug-likeness (QED) is 0.790. The minimum atomic E-state index is -0.0943. The van der Waals surface area contributed by atoms with Crippen LogP contribution in [0.15, 0.2) is 30.3 Å². The van der Waals surface area contributed by atoms with Crippen molar-refractivity contribution >= 4 is 34.8 Å². The van der Waals surface area contributed by atoms with Crippen molar-refractivity contribution in [2.45, 2.75) is 26.3 Å². The number of benzene rings is 2. The van der Waals surface area contributed by atoms with Gasteiger partial charge in [0, 0.05) is 11.1 Å². The molecule has 1 nitrogen and oxygen atoms in total. The topological polar surface area (TPSA) is 26.0 Å². The van der Waals surface area contributed by atoms with Crippen molar-refractivity contribution in [1.82, 2.24) is 0 Å². The summed E-state index contributed by atoms with van der Waals surface area (Å²) in [5.74, 6) is 0. The Bertz CT molecular complexity index is 638. The first-order valence-electron chi connectivity index (χ1n) is 6.34. The van der Waals surface area contributed by atoms with Gasteiger partial charge in [-0.15, -0.1) is 0 Å². The fourth-order valence-corrected chi connectivity index (χ4v) is 2.77. The van der Waals surface area contributed by atoms with E-state index in [0.29, 0.717) is 16.5 Å². The maximum Gasteiger partial charge on any atom is 0.0595 e. The van der Waals surface area contributed by atoms with Crippen molar-refractivity contribution in [3.05, 3.63) is 67.7 Å². The first-order chi connectivity index (χ1) is 9.38. The lowest BCUT2D eigenvalue weighted by molar-refractivity contribution is 0.716. The zero-order chi connectivity index (χ0) is 14.9. The molecule has 0 heterocycles. The molecule has 0 radical (unpaired) electrons. The van der Waals surface area contributed by atoms with Crippen LogP contribution in [0.3, 0.4) is 0 Å². The van der Waals surface area contributed by atoms with Crippen LogP contribution in [-0.4, -0.2) is 0 Å². The second-order valence-electron chi connectivity index (χ2n) is 5.02. The number of aryl methyl sites for hydroxylation is 2. The molecular weight excluding hydrogens is 313 g/mol. The lowest BCUT2D eigenvalue weighted by Gasteiger charge is -2.17. The minimum Gasteiger partial charge on any atom is -0.324 e. The van der Waals surface area contributed by atoms with Crippen LogP contribution in [0.2, 0.25) is 15.1 Å². The Labute approximate surface area is 134 Å². The molecule has 0 aromatic heterocycles. The molecule has 1 unspecified atom stereocenters. The van der Waals surface area contributed by atoms with Crippen molar-refractivity contribution in [2.24, 2.45) is 5.73 Å². The summed E-state index contributed by atoms with van der Waals surface area (Å²) < 4.78 is 0. The number of halogens is 3. The second kappa shape index (κ2) is 6.36. The Morgan fingerprint density at radius 1 is 0.900 bits per heavy atom. The van der Waals surface area contributed by atoms with Gasteiger partial charge in [-0.25, -0.2) is 0 Å². The Balaban J connectivity index is 2.25. The molecule has 0 saturated carbocycles. The molecular formula is C16H16Cl3N. The van der Waals surface area contributed by atoms with Crippen LogP contribution < -0.4 is 5.73 Å². The normalized spacial score (nSPS) is 12.5. The van der Waals surface area contributed by atoms with Gasteiger partial charge in [0.15, 0.2) is 0 Å². The van der Waals surface area contributed by atoms with Gasteiger partial charge < -0.3 is 5.73 Å². The molecule has 2 aromatic rings. The molecule has 2 aromatic carbocycles. The molecule has 0 bridgehead atoms. The molecule has 106 valence electrons. The molecule has 0 aliphatic carbocycles. The third kappa shape index (κ3) is 3.48. The van der Waals surface area contributed by atoms with Crippen LogP contribution in [0, 0.1) is 13.8 Å². The van der Waals surface area contributed by atoms with E-state index in [2.05, 4.69) is 6.07 Å². The highest BCUT2D eigenvalue weighted by molar-refractivity contribution is 6.42. The summed E-state index contributed by atoms with van der Waals surface area (Å²) in [7, 11) is 0. The predicted octanol–water partition coefficient (Wildman–Crippen LogP) is 5.51. The lowest BCUT2D eigenvalue weighted by atomic mass is 9.94. The van der Waals surface area contributed by atoms with Crippen LogP contribution in [0.1, 0.15) is 28.3 Å². The third-order valence-electron chi connectivity index (χ3n) is 3.39. The molecule has 0 aliphatic rings. The van der Waals surface area contributed by atoms with Gasteiger partial charge in [-0.2, -0.15) is 0 Å². The average Bonchev–Trinajstić information content (AvgIpc) is 2.38. The minimum absolute atomic E-state index is 0.0943. The van der Waals surface area contributed by atoms with Crippen molar-refractivity contribution in [3.63, 3.8) is 0 Å². The summed E-state index contributed by atoms with van der Waals surface area (Å²) in [5, 5.41) is 1.89. The Morgan fingerprint density at radius 3 is 2.25 bits per heavy atom. The first-order valence-corrected chi connectivity index (χ1v) is 7.48. The Kier molecular flexibility index (Phi) is 4.98. The monoisotopic (exact) mass is 327 g/mol. The van der Waals surface area contributed by atoms with E-state index in [1.807, 2.05) is 32.0 Å². The number of hydrogen-bond acceptors (Lipinski definition) is 1. The van der Waals surface area contributed by atoms with Gasteiger partial charge in [-0.05, 0) is 60.7 Å². The Morgan fingerprint density at radius 2 is 1.60 bits per heavy atom. The largest absolute Gasteiger partial charge is 0.324 e. The number of nitrogens with two attached hydrogens (primary N) is 1. The van der Waals surface area contributed by atoms with E-state index < -0.39 is 0 Å². The van der Waals surface area contributed by atoms with Gasteiger partial charge in [-0.1, -0.05) is 46.9 Å². The summed E-state index contributed by atoms with van der Waals surface area (Å²) >= 11 is 18.1. The molecule has 2 rings (SSSR count). The molecule has 0 saturated heterocycles. The second-order valence-corrected chi connectivity index (χ2v) is 6.24. The number of rotatable bonds is 3. The van der Waals surface area contributed by atoms with Gasteiger partial charge in [0.25, 0.3) is 0 Å². The van der Waals surface area contributed by atoms with Crippen molar-refractivity contribution in [1.29, 1.82) is 0 Å². The molecule has 0 amide bonds. The van der Waals surface area contributed by atoms with Crippen molar-refractivity contribution in [2.75, 3.05) is 0 Å². The molecule has 0 fully saturated rings.